The second-order valence-electron chi connectivity index (χ2n) is 5.36. The zero-order valence-corrected chi connectivity index (χ0v) is 13.8. The maximum Gasteiger partial charge on any atom is 0.233 e. The summed E-state index contributed by atoms with van der Waals surface area (Å²) < 4.78 is 11.6. The summed E-state index contributed by atoms with van der Waals surface area (Å²) in [4.78, 5) is 10.1. The summed E-state index contributed by atoms with van der Waals surface area (Å²) >= 11 is 1.46. The average molecular weight is 317 g/mol. The Balaban J connectivity index is 2.30. The topological polar surface area (TPSA) is 72.0 Å². The van der Waals surface area contributed by atoms with E-state index in [1.807, 2.05) is 13.0 Å². The molecule has 0 aliphatic heterocycles. The monoisotopic (exact) mass is 317 g/mol. The lowest BCUT2D eigenvalue weighted by Crippen LogP contribution is -2.03. The molecule has 0 aromatic carbocycles. The van der Waals surface area contributed by atoms with Crippen LogP contribution in [0.5, 0.6) is 0 Å². The Kier molecular flexibility index (Phi) is 4.22. The maximum absolute atomic E-state index is 8.14. The van der Waals surface area contributed by atoms with Gasteiger partial charge in [-0.15, -0.1) is 11.3 Å². The van der Waals surface area contributed by atoms with Crippen molar-refractivity contribution in [2.75, 3.05) is 7.11 Å². The summed E-state index contributed by atoms with van der Waals surface area (Å²) in [6, 6.07) is 2.03. The minimum absolute atomic E-state index is 0.181. The quantitative estimate of drug-likeness (QED) is 0.778. The molecule has 116 valence electrons. The predicted octanol–water partition coefficient (Wildman–Crippen LogP) is 3.71. The number of nitrogens with one attached hydrogen (secondary N) is 1. The van der Waals surface area contributed by atoms with Crippen molar-refractivity contribution >= 4 is 31.8 Å². The van der Waals surface area contributed by atoms with Gasteiger partial charge in [-0.2, -0.15) is 0 Å². The van der Waals surface area contributed by atoms with E-state index in [4.69, 9.17) is 14.6 Å². The summed E-state index contributed by atoms with van der Waals surface area (Å²) in [5.74, 6) is 0.628. The van der Waals surface area contributed by atoms with E-state index in [2.05, 4.69) is 16.9 Å². The molecule has 6 heteroatoms. The first kappa shape index (κ1) is 15.1. The van der Waals surface area contributed by atoms with E-state index in [1.165, 1.54) is 11.3 Å². The highest BCUT2D eigenvalue weighted by Crippen LogP contribution is 2.32. The standard InChI is InChI=1S/C16H19N3O2S/c1-4-5-6-11-19-13-12-10(8-20-3)7-9(2)18-16(12)22-14(13)15(17)21-11/h7,17H,4-6,8H2,1-3H3. The van der Waals surface area contributed by atoms with Crippen LogP contribution in [0, 0.1) is 12.3 Å². The van der Waals surface area contributed by atoms with Crippen LogP contribution >= 0.6 is 11.3 Å². The van der Waals surface area contributed by atoms with Gasteiger partial charge in [0, 0.05) is 24.6 Å². The second-order valence-corrected chi connectivity index (χ2v) is 6.36. The maximum atomic E-state index is 8.14. The Morgan fingerprint density at radius 2 is 2.18 bits per heavy atom. The lowest BCUT2D eigenvalue weighted by atomic mass is 10.1. The summed E-state index contributed by atoms with van der Waals surface area (Å²) in [7, 11) is 1.68. The van der Waals surface area contributed by atoms with E-state index in [0.29, 0.717) is 12.5 Å². The third-order valence-corrected chi connectivity index (χ3v) is 4.62. The number of ether oxygens (including phenoxy) is 1. The van der Waals surface area contributed by atoms with Crippen molar-refractivity contribution in [3.8, 4) is 0 Å². The SMILES string of the molecule is CCCCc1nc2c(sc3nc(C)cc(COC)c32)c(=N)o1. The van der Waals surface area contributed by atoms with Crippen molar-refractivity contribution in [1.82, 2.24) is 9.97 Å². The van der Waals surface area contributed by atoms with Gasteiger partial charge >= 0.3 is 0 Å². The Morgan fingerprint density at radius 3 is 2.91 bits per heavy atom. The molecule has 3 aromatic rings. The molecular weight excluding hydrogens is 298 g/mol. The normalized spacial score (nSPS) is 11.6. The lowest BCUT2D eigenvalue weighted by Gasteiger charge is -2.04. The Morgan fingerprint density at radius 1 is 1.36 bits per heavy atom. The van der Waals surface area contributed by atoms with Gasteiger partial charge in [0.25, 0.3) is 0 Å². The fourth-order valence-electron chi connectivity index (χ4n) is 2.57. The van der Waals surface area contributed by atoms with Crippen molar-refractivity contribution in [3.05, 3.63) is 28.8 Å². The summed E-state index contributed by atoms with van der Waals surface area (Å²) in [6.45, 7) is 4.61. The van der Waals surface area contributed by atoms with Gasteiger partial charge in [-0.25, -0.2) is 9.97 Å². The van der Waals surface area contributed by atoms with E-state index in [1.54, 1.807) is 7.11 Å². The van der Waals surface area contributed by atoms with Crippen molar-refractivity contribution in [3.63, 3.8) is 0 Å². The first-order valence-corrected chi connectivity index (χ1v) is 8.22. The van der Waals surface area contributed by atoms with Gasteiger partial charge in [-0.3, -0.25) is 5.41 Å². The molecule has 3 aromatic heterocycles. The summed E-state index contributed by atoms with van der Waals surface area (Å²) in [5, 5.41) is 9.14. The zero-order valence-electron chi connectivity index (χ0n) is 13.0. The van der Waals surface area contributed by atoms with E-state index < -0.39 is 0 Å². The molecule has 22 heavy (non-hydrogen) atoms. The average Bonchev–Trinajstić information content (AvgIpc) is 2.84. The molecule has 0 fully saturated rings. The fourth-order valence-corrected chi connectivity index (χ4v) is 3.66. The Bertz CT molecular complexity index is 882. The molecule has 0 saturated carbocycles. The van der Waals surface area contributed by atoms with Crippen LogP contribution < -0.4 is 5.55 Å². The minimum atomic E-state index is 0.181. The molecule has 1 N–H and O–H groups in total. The van der Waals surface area contributed by atoms with Gasteiger partial charge in [-0.05, 0) is 25.0 Å². The molecule has 3 rings (SSSR count). The predicted molar refractivity (Wildman–Crippen MR) is 87.1 cm³/mol. The molecule has 5 nitrogen and oxygen atoms in total. The number of thiophene rings is 1. The number of rotatable bonds is 5. The van der Waals surface area contributed by atoms with Crippen LogP contribution in [0.2, 0.25) is 0 Å². The van der Waals surface area contributed by atoms with Gasteiger partial charge < -0.3 is 9.15 Å². The largest absolute Gasteiger partial charge is 0.424 e. The number of nitrogens with zero attached hydrogens (tertiary/aromatic N) is 2. The zero-order chi connectivity index (χ0) is 15.7. The molecule has 3 heterocycles. The fraction of sp³-hybridized carbons (Fsp3) is 0.438. The van der Waals surface area contributed by atoms with Crippen LogP contribution in [-0.4, -0.2) is 17.1 Å². The number of hydrogen-bond donors (Lipinski definition) is 1. The van der Waals surface area contributed by atoms with E-state index in [9.17, 15) is 0 Å². The van der Waals surface area contributed by atoms with Crippen LogP contribution in [0.3, 0.4) is 0 Å². The van der Waals surface area contributed by atoms with Gasteiger partial charge in [0.1, 0.15) is 15.0 Å². The molecule has 0 spiro atoms. The molecule has 0 bridgehead atoms. The number of hydrogen-bond acceptors (Lipinski definition) is 6. The van der Waals surface area contributed by atoms with Gasteiger partial charge in [0.15, 0.2) is 5.89 Å². The third kappa shape index (κ3) is 2.64. The van der Waals surface area contributed by atoms with Gasteiger partial charge in [0.2, 0.25) is 5.55 Å². The number of aryl methyl sites for hydroxylation is 2. The molecule has 0 radical (unpaired) electrons. The molecule has 0 saturated heterocycles. The third-order valence-electron chi connectivity index (χ3n) is 3.55. The summed E-state index contributed by atoms with van der Waals surface area (Å²) in [6.07, 6.45) is 2.84. The number of pyridine rings is 1. The van der Waals surface area contributed by atoms with Gasteiger partial charge in [-0.1, -0.05) is 13.3 Å². The molecule has 0 aliphatic carbocycles. The van der Waals surface area contributed by atoms with Gasteiger partial charge in [0.05, 0.1) is 6.61 Å². The van der Waals surface area contributed by atoms with Crippen molar-refractivity contribution in [1.29, 1.82) is 5.41 Å². The van der Waals surface area contributed by atoms with Crippen molar-refractivity contribution in [2.45, 2.75) is 39.7 Å². The van der Waals surface area contributed by atoms with E-state index >= 15 is 0 Å². The smallest absolute Gasteiger partial charge is 0.233 e. The highest BCUT2D eigenvalue weighted by molar-refractivity contribution is 7.25. The van der Waals surface area contributed by atoms with Crippen molar-refractivity contribution in [2.24, 2.45) is 0 Å². The molecular formula is C16H19N3O2S. The molecule has 0 atom stereocenters. The summed E-state index contributed by atoms with van der Waals surface area (Å²) in [5.41, 5.74) is 3.01. The Hall–Kier alpha value is -1.79. The van der Waals surface area contributed by atoms with Crippen LogP contribution in [-0.2, 0) is 17.8 Å². The molecule has 0 unspecified atom stereocenters. The highest BCUT2D eigenvalue weighted by atomic mass is 32.1. The Labute approximate surface area is 132 Å². The first-order valence-electron chi connectivity index (χ1n) is 7.40. The lowest BCUT2D eigenvalue weighted by molar-refractivity contribution is 0.186. The second kappa shape index (κ2) is 6.14. The van der Waals surface area contributed by atoms with Crippen LogP contribution in [0.4, 0.5) is 0 Å². The number of aromatic nitrogens is 2. The molecule has 0 aliphatic rings. The van der Waals surface area contributed by atoms with Crippen molar-refractivity contribution < 1.29 is 9.15 Å². The number of unbranched alkanes of at least 4 members (excludes halogenated alkanes) is 1. The highest BCUT2D eigenvalue weighted by Gasteiger charge is 2.16. The van der Waals surface area contributed by atoms with Crippen LogP contribution in [0.1, 0.15) is 36.9 Å². The number of fused-ring (bicyclic) bond motifs is 3. The van der Waals surface area contributed by atoms with E-state index in [-0.39, 0.29) is 5.55 Å². The van der Waals surface area contributed by atoms with Crippen LogP contribution in [0.25, 0.3) is 20.4 Å². The molecule has 0 amide bonds. The van der Waals surface area contributed by atoms with Crippen LogP contribution in [0.15, 0.2) is 10.5 Å². The van der Waals surface area contributed by atoms with E-state index in [0.717, 1.165) is 51.0 Å². The minimum Gasteiger partial charge on any atom is -0.424 e. The first-order chi connectivity index (χ1) is 10.6. The number of methoxy groups -OCH3 is 1.